The smallest absolute Gasteiger partial charge is 0.0701 e. The fraction of sp³-hybridized carbons (Fsp3) is 0.231. The van der Waals surface area contributed by atoms with Crippen molar-refractivity contribution in [3.05, 3.63) is 55.6 Å². The maximum Gasteiger partial charge on any atom is 0.0701 e. The SMILES string of the molecule is CCNC(c1ccc(Cl)cc1)c1csc(Br)c1. The van der Waals surface area contributed by atoms with E-state index >= 15 is 0 Å². The minimum absolute atomic E-state index is 0.236. The number of halogens is 2. The molecule has 90 valence electrons. The van der Waals surface area contributed by atoms with Gasteiger partial charge in [0, 0.05) is 5.02 Å². The zero-order chi connectivity index (χ0) is 12.3. The summed E-state index contributed by atoms with van der Waals surface area (Å²) in [6.45, 7) is 3.05. The Balaban J connectivity index is 2.31. The Kier molecular flexibility index (Phi) is 4.62. The second-order valence-corrected chi connectivity index (χ2v) is 6.45. The van der Waals surface area contributed by atoms with Gasteiger partial charge in [0.05, 0.1) is 9.83 Å². The van der Waals surface area contributed by atoms with Gasteiger partial charge in [-0.2, -0.15) is 0 Å². The van der Waals surface area contributed by atoms with Gasteiger partial charge in [-0.25, -0.2) is 0 Å². The first-order valence-electron chi connectivity index (χ1n) is 5.43. The summed E-state index contributed by atoms with van der Waals surface area (Å²) >= 11 is 11.1. The third-order valence-electron chi connectivity index (χ3n) is 2.53. The zero-order valence-electron chi connectivity index (χ0n) is 9.41. The Morgan fingerprint density at radius 2 is 2.00 bits per heavy atom. The summed E-state index contributed by atoms with van der Waals surface area (Å²) in [6, 6.07) is 10.4. The molecular weight excluding hydrogens is 318 g/mol. The third kappa shape index (κ3) is 3.32. The largest absolute Gasteiger partial charge is 0.307 e. The van der Waals surface area contributed by atoms with Gasteiger partial charge in [-0.1, -0.05) is 30.7 Å². The van der Waals surface area contributed by atoms with E-state index in [-0.39, 0.29) is 6.04 Å². The normalized spacial score (nSPS) is 12.6. The van der Waals surface area contributed by atoms with Gasteiger partial charge < -0.3 is 5.32 Å². The van der Waals surface area contributed by atoms with E-state index in [4.69, 9.17) is 11.6 Å². The highest BCUT2D eigenvalue weighted by molar-refractivity contribution is 9.11. The van der Waals surface area contributed by atoms with Crippen LogP contribution >= 0.6 is 38.9 Å². The Labute approximate surface area is 119 Å². The quantitative estimate of drug-likeness (QED) is 0.844. The molecule has 2 aromatic rings. The van der Waals surface area contributed by atoms with Gasteiger partial charge in [-0.15, -0.1) is 11.3 Å². The van der Waals surface area contributed by atoms with Crippen molar-refractivity contribution in [1.82, 2.24) is 5.32 Å². The summed E-state index contributed by atoms with van der Waals surface area (Å²) in [4.78, 5) is 0. The van der Waals surface area contributed by atoms with Crippen molar-refractivity contribution in [1.29, 1.82) is 0 Å². The molecule has 0 bridgehead atoms. The summed E-state index contributed by atoms with van der Waals surface area (Å²) in [7, 11) is 0. The van der Waals surface area contributed by atoms with Crippen LogP contribution < -0.4 is 5.32 Å². The van der Waals surface area contributed by atoms with E-state index in [9.17, 15) is 0 Å². The van der Waals surface area contributed by atoms with Crippen LogP contribution in [0.5, 0.6) is 0 Å². The molecular formula is C13H13BrClNS. The number of benzene rings is 1. The maximum atomic E-state index is 5.92. The minimum atomic E-state index is 0.236. The van der Waals surface area contributed by atoms with Crippen molar-refractivity contribution >= 4 is 38.9 Å². The van der Waals surface area contributed by atoms with E-state index in [1.54, 1.807) is 11.3 Å². The van der Waals surface area contributed by atoms with Crippen LogP contribution in [0.3, 0.4) is 0 Å². The van der Waals surface area contributed by atoms with Gasteiger partial charge in [0.2, 0.25) is 0 Å². The molecule has 1 aromatic heterocycles. The van der Waals surface area contributed by atoms with Crippen LogP contribution in [0, 0.1) is 0 Å². The average molecular weight is 331 g/mol. The Morgan fingerprint density at radius 1 is 1.29 bits per heavy atom. The molecule has 1 heterocycles. The average Bonchev–Trinajstić information content (AvgIpc) is 2.74. The van der Waals surface area contributed by atoms with E-state index in [1.165, 1.54) is 11.1 Å². The van der Waals surface area contributed by atoms with Crippen molar-refractivity contribution in [2.24, 2.45) is 0 Å². The van der Waals surface area contributed by atoms with Crippen LogP contribution in [-0.2, 0) is 0 Å². The van der Waals surface area contributed by atoms with E-state index in [2.05, 4.69) is 51.7 Å². The Bertz CT molecular complexity index is 480. The molecule has 0 aliphatic heterocycles. The molecule has 0 spiro atoms. The predicted molar refractivity (Wildman–Crippen MR) is 79.0 cm³/mol. The van der Waals surface area contributed by atoms with Crippen molar-refractivity contribution in [2.75, 3.05) is 6.54 Å². The molecule has 1 aromatic carbocycles. The lowest BCUT2D eigenvalue weighted by atomic mass is 10.0. The first kappa shape index (κ1) is 13.1. The fourth-order valence-electron chi connectivity index (χ4n) is 1.76. The first-order chi connectivity index (χ1) is 8.20. The van der Waals surface area contributed by atoms with Crippen LogP contribution in [0.1, 0.15) is 24.1 Å². The molecule has 2 rings (SSSR count). The number of thiophene rings is 1. The minimum Gasteiger partial charge on any atom is -0.307 e. The molecule has 0 saturated carbocycles. The van der Waals surface area contributed by atoms with Crippen molar-refractivity contribution < 1.29 is 0 Å². The van der Waals surface area contributed by atoms with Gasteiger partial charge in [0.15, 0.2) is 0 Å². The summed E-state index contributed by atoms with van der Waals surface area (Å²) < 4.78 is 1.16. The summed E-state index contributed by atoms with van der Waals surface area (Å²) in [5.41, 5.74) is 2.52. The third-order valence-corrected chi connectivity index (χ3v) is 4.31. The van der Waals surface area contributed by atoms with Gasteiger partial charge in [0.1, 0.15) is 0 Å². The van der Waals surface area contributed by atoms with Gasteiger partial charge in [-0.05, 0) is 57.2 Å². The Hall–Kier alpha value is -0.350. The highest BCUT2D eigenvalue weighted by atomic mass is 79.9. The van der Waals surface area contributed by atoms with Crippen LogP contribution in [0.2, 0.25) is 5.02 Å². The molecule has 4 heteroatoms. The van der Waals surface area contributed by atoms with Crippen molar-refractivity contribution in [3.63, 3.8) is 0 Å². The van der Waals surface area contributed by atoms with Crippen LogP contribution in [0.25, 0.3) is 0 Å². The molecule has 0 saturated heterocycles. The number of nitrogens with one attached hydrogen (secondary N) is 1. The molecule has 1 nitrogen and oxygen atoms in total. The summed E-state index contributed by atoms with van der Waals surface area (Å²) in [5.74, 6) is 0. The highest BCUT2D eigenvalue weighted by Gasteiger charge is 2.14. The van der Waals surface area contributed by atoms with Crippen molar-refractivity contribution in [2.45, 2.75) is 13.0 Å². The highest BCUT2D eigenvalue weighted by Crippen LogP contribution is 2.29. The predicted octanol–water partition coefficient (Wildman–Crippen LogP) is 4.86. The van der Waals surface area contributed by atoms with Crippen molar-refractivity contribution in [3.8, 4) is 0 Å². The standard InChI is InChI=1S/C13H13BrClNS/c1-2-16-13(10-7-12(14)17-8-10)9-3-5-11(15)6-4-9/h3-8,13,16H,2H2,1H3. The van der Waals surface area contributed by atoms with Gasteiger partial charge in [-0.3, -0.25) is 0 Å². The van der Waals surface area contributed by atoms with E-state index in [0.717, 1.165) is 15.4 Å². The molecule has 0 amide bonds. The lowest BCUT2D eigenvalue weighted by Crippen LogP contribution is -2.21. The van der Waals surface area contributed by atoms with E-state index in [1.807, 2.05) is 12.1 Å². The molecule has 1 unspecified atom stereocenters. The molecule has 1 atom stereocenters. The van der Waals surface area contributed by atoms with Crippen LogP contribution in [0.4, 0.5) is 0 Å². The molecule has 0 aliphatic rings. The van der Waals surface area contributed by atoms with Gasteiger partial charge in [0.25, 0.3) is 0 Å². The molecule has 0 fully saturated rings. The second-order valence-electron chi connectivity index (χ2n) is 3.73. The first-order valence-corrected chi connectivity index (χ1v) is 7.48. The van der Waals surface area contributed by atoms with Gasteiger partial charge >= 0.3 is 0 Å². The zero-order valence-corrected chi connectivity index (χ0v) is 12.6. The Morgan fingerprint density at radius 3 is 2.53 bits per heavy atom. The maximum absolute atomic E-state index is 5.92. The summed E-state index contributed by atoms with van der Waals surface area (Å²) in [6.07, 6.45) is 0. The summed E-state index contributed by atoms with van der Waals surface area (Å²) in [5, 5.41) is 6.44. The second kappa shape index (κ2) is 6.01. The van der Waals surface area contributed by atoms with Crippen LogP contribution in [-0.4, -0.2) is 6.54 Å². The lowest BCUT2D eigenvalue weighted by molar-refractivity contribution is 0.632. The number of rotatable bonds is 4. The number of hydrogen-bond acceptors (Lipinski definition) is 2. The molecule has 1 N–H and O–H groups in total. The van der Waals surface area contributed by atoms with E-state index in [0.29, 0.717) is 0 Å². The number of hydrogen-bond donors (Lipinski definition) is 1. The fourth-order valence-corrected chi connectivity index (χ4v) is 3.09. The molecule has 17 heavy (non-hydrogen) atoms. The topological polar surface area (TPSA) is 12.0 Å². The van der Waals surface area contributed by atoms with E-state index < -0.39 is 0 Å². The lowest BCUT2D eigenvalue weighted by Gasteiger charge is -2.17. The molecule has 0 aliphatic carbocycles. The molecule has 0 radical (unpaired) electrons. The monoisotopic (exact) mass is 329 g/mol. The van der Waals surface area contributed by atoms with Crippen LogP contribution in [0.15, 0.2) is 39.5 Å².